The average molecular weight is 565 g/mol. The van der Waals surface area contributed by atoms with Gasteiger partial charge in [0.2, 0.25) is 0 Å². The zero-order valence-electron chi connectivity index (χ0n) is 20.0. The van der Waals surface area contributed by atoms with E-state index in [9.17, 15) is 22.4 Å². The van der Waals surface area contributed by atoms with Crippen molar-refractivity contribution in [3.05, 3.63) is 71.1 Å². The fourth-order valence-electron chi connectivity index (χ4n) is 4.03. The van der Waals surface area contributed by atoms with Gasteiger partial charge in [0.1, 0.15) is 11.5 Å². The molecule has 0 fully saturated rings. The van der Waals surface area contributed by atoms with Gasteiger partial charge in [-0.1, -0.05) is 16.8 Å². The number of alkyl halides is 3. The summed E-state index contributed by atoms with van der Waals surface area (Å²) in [6, 6.07) is 11.8. The minimum absolute atomic E-state index is 0.00293. The molecule has 13 heteroatoms. The lowest BCUT2D eigenvalue weighted by Crippen LogP contribution is -2.22. The second-order valence-electron chi connectivity index (χ2n) is 8.42. The number of carbonyl (C=O) groups is 1. The molecule has 8 nitrogen and oxygen atoms in total. The van der Waals surface area contributed by atoms with E-state index < -0.39 is 30.0 Å². The number of fused-ring (bicyclic) bond motifs is 2. The van der Waals surface area contributed by atoms with Gasteiger partial charge in [-0.05, 0) is 56.3 Å². The van der Waals surface area contributed by atoms with Crippen LogP contribution in [0.1, 0.15) is 12.6 Å². The molecule has 2 aromatic heterocycles. The van der Waals surface area contributed by atoms with Crippen LogP contribution in [0.4, 0.5) is 17.6 Å². The predicted octanol–water partition coefficient (Wildman–Crippen LogP) is 7.42. The monoisotopic (exact) mass is 564 g/mol. The predicted molar refractivity (Wildman–Crippen MR) is 131 cm³/mol. The lowest BCUT2D eigenvalue weighted by Gasteiger charge is -2.13. The second-order valence-corrected chi connectivity index (χ2v) is 8.85. The number of halogens is 5. The van der Waals surface area contributed by atoms with Gasteiger partial charge in [-0.15, -0.1) is 13.2 Å². The fraction of sp³-hybridized carbons (Fsp3) is 0.154. The van der Waals surface area contributed by atoms with Gasteiger partial charge in [-0.2, -0.15) is 0 Å². The highest BCUT2D eigenvalue weighted by atomic mass is 35.5. The largest absolute Gasteiger partial charge is 0.573 e. The Kier molecular flexibility index (Phi) is 6.51. The SMILES string of the molecule is Cc1c(Oc2cc(O[C@@H](C)C(=O)O)ccc2F)c2cc(OC(F)(F)F)ccc2n1-c1noc2cc(Cl)ccc12. The van der Waals surface area contributed by atoms with E-state index in [4.69, 9.17) is 30.7 Å². The van der Waals surface area contributed by atoms with E-state index in [0.29, 0.717) is 27.2 Å². The van der Waals surface area contributed by atoms with Crippen molar-refractivity contribution in [3.63, 3.8) is 0 Å². The molecule has 1 atom stereocenters. The smallest absolute Gasteiger partial charge is 0.479 e. The Morgan fingerprint density at radius 2 is 1.82 bits per heavy atom. The van der Waals surface area contributed by atoms with Crippen molar-refractivity contribution < 1.29 is 46.2 Å². The third-order valence-electron chi connectivity index (χ3n) is 5.75. The standard InChI is InChI=1S/C26H17ClF4N2O6/c1-12-23(37-22-11-15(4-7-19(22)28)36-13(2)25(34)35)18-10-16(38-26(29,30)31)5-8-20(18)33(12)24-17-6-3-14(27)9-21(17)39-32-24/h3-11,13H,1-2H3,(H,34,35)/t13-/m0/s1. The first-order valence-electron chi connectivity index (χ1n) is 11.2. The molecule has 5 rings (SSSR count). The Bertz CT molecular complexity index is 1730. The highest BCUT2D eigenvalue weighted by molar-refractivity contribution is 6.31. The highest BCUT2D eigenvalue weighted by Gasteiger charge is 2.32. The minimum atomic E-state index is -4.95. The number of carboxylic acid groups (broad SMARTS) is 1. The van der Waals surface area contributed by atoms with Crippen molar-refractivity contribution in [1.82, 2.24) is 9.72 Å². The summed E-state index contributed by atoms with van der Waals surface area (Å²) in [5.74, 6) is -2.66. The van der Waals surface area contributed by atoms with Crippen LogP contribution in [-0.4, -0.2) is 33.3 Å². The van der Waals surface area contributed by atoms with Crippen LogP contribution in [-0.2, 0) is 4.79 Å². The van der Waals surface area contributed by atoms with E-state index in [1.54, 1.807) is 29.7 Å². The van der Waals surface area contributed by atoms with Gasteiger partial charge in [0.25, 0.3) is 0 Å². The maximum absolute atomic E-state index is 14.8. The van der Waals surface area contributed by atoms with Gasteiger partial charge in [0, 0.05) is 22.5 Å². The van der Waals surface area contributed by atoms with Crippen molar-refractivity contribution in [3.8, 4) is 28.8 Å². The zero-order chi connectivity index (χ0) is 28.1. The van der Waals surface area contributed by atoms with E-state index in [1.165, 1.54) is 19.1 Å². The number of ether oxygens (including phenoxy) is 3. The van der Waals surface area contributed by atoms with Crippen molar-refractivity contribution in [2.75, 3.05) is 0 Å². The molecule has 3 aromatic carbocycles. The van der Waals surface area contributed by atoms with Crippen LogP contribution in [0, 0.1) is 12.7 Å². The first-order chi connectivity index (χ1) is 18.4. The summed E-state index contributed by atoms with van der Waals surface area (Å²) >= 11 is 6.04. The molecular formula is C26H17ClF4N2O6. The lowest BCUT2D eigenvalue weighted by molar-refractivity contribution is -0.274. The maximum Gasteiger partial charge on any atom is 0.573 e. The van der Waals surface area contributed by atoms with Gasteiger partial charge < -0.3 is 23.8 Å². The van der Waals surface area contributed by atoms with Gasteiger partial charge in [-0.3, -0.25) is 4.57 Å². The van der Waals surface area contributed by atoms with Crippen molar-refractivity contribution in [1.29, 1.82) is 0 Å². The minimum Gasteiger partial charge on any atom is -0.479 e. The number of benzene rings is 3. The Labute approximate surface area is 221 Å². The number of aromatic nitrogens is 2. The molecule has 5 aromatic rings. The molecule has 0 bridgehead atoms. The van der Waals surface area contributed by atoms with Crippen LogP contribution in [0.3, 0.4) is 0 Å². The highest BCUT2D eigenvalue weighted by Crippen LogP contribution is 2.42. The van der Waals surface area contributed by atoms with Gasteiger partial charge >= 0.3 is 12.3 Å². The number of aliphatic carboxylic acids is 1. The Balaban J connectivity index is 1.68. The summed E-state index contributed by atoms with van der Waals surface area (Å²) < 4.78 is 75.9. The summed E-state index contributed by atoms with van der Waals surface area (Å²) in [6.07, 6.45) is -6.19. The summed E-state index contributed by atoms with van der Waals surface area (Å²) in [5, 5.41) is 14.3. The molecule has 0 aliphatic carbocycles. The number of nitrogens with zero attached hydrogens (tertiary/aromatic N) is 2. The molecule has 0 radical (unpaired) electrons. The van der Waals surface area contributed by atoms with Crippen LogP contribution in [0.15, 0.2) is 59.1 Å². The third kappa shape index (κ3) is 5.15. The van der Waals surface area contributed by atoms with Gasteiger partial charge in [0.05, 0.1) is 16.6 Å². The van der Waals surface area contributed by atoms with E-state index in [2.05, 4.69) is 9.89 Å². The molecule has 0 spiro atoms. The quantitative estimate of drug-likeness (QED) is 0.206. The number of hydrogen-bond donors (Lipinski definition) is 1. The number of rotatable bonds is 7. The summed E-state index contributed by atoms with van der Waals surface area (Å²) in [6.45, 7) is 2.89. The summed E-state index contributed by atoms with van der Waals surface area (Å²) in [4.78, 5) is 11.1. The van der Waals surface area contributed by atoms with E-state index in [-0.39, 0.29) is 28.5 Å². The molecule has 39 heavy (non-hydrogen) atoms. The Morgan fingerprint density at radius 1 is 1.08 bits per heavy atom. The molecule has 2 heterocycles. The van der Waals surface area contributed by atoms with Crippen LogP contribution in [0.5, 0.6) is 23.0 Å². The van der Waals surface area contributed by atoms with E-state index in [1.807, 2.05) is 0 Å². The second kappa shape index (κ2) is 9.70. The normalized spacial score (nSPS) is 12.6. The topological polar surface area (TPSA) is 96.0 Å². The molecule has 1 N–H and O–H groups in total. The van der Waals surface area contributed by atoms with Crippen LogP contribution in [0.2, 0.25) is 5.02 Å². The molecular weight excluding hydrogens is 548 g/mol. The van der Waals surface area contributed by atoms with Crippen molar-refractivity contribution >= 4 is 39.4 Å². The fourth-order valence-corrected chi connectivity index (χ4v) is 4.19. The molecule has 0 amide bonds. The molecule has 202 valence electrons. The Morgan fingerprint density at radius 3 is 2.54 bits per heavy atom. The zero-order valence-corrected chi connectivity index (χ0v) is 20.8. The first kappa shape index (κ1) is 26.2. The average Bonchev–Trinajstić information content (AvgIpc) is 3.37. The van der Waals surface area contributed by atoms with Gasteiger partial charge in [-0.25, -0.2) is 9.18 Å². The lowest BCUT2D eigenvalue weighted by atomic mass is 10.2. The third-order valence-corrected chi connectivity index (χ3v) is 5.99. The summed E-state index contributed by atoms with van der Waals surface area (Å²) in [5.41, 5.74) is 1.06. The van der Waals surface area contributed by atoms with Crippen LogP contribution < -0.4 is 14.2 Å². The van der Waals surface area contributed by atoms with E-state index in [0.717, 1.165) is 24.3 Å². The van der Waals surface area contributed by atoms with Gasteiger partial charge in [0.15, 0.2) is 34.8 Å². The number of hydrogen-bond acceptors (Lipinski definition) is 6. The first-order valence-corrected chi connectivity index (χ1v) is 11.6. The molecule has 0 saturated carbocycles. The van der Waals surface area contributed by atoms with Crippen molar-refractivity contribution in [2.24, 2.45) is 0 Å². The Hall–Kier alpha value is -4.45. The molecule has 0 unspecified atom stereocenters. The molecule has 0 aliphatic heterocycles. The van der Waals surface area contributed by atoms with E-state index >= 15 is 0 Å². The van der Waals surface area contributed by atoms with Crippen LogP contribution in [0.25, 0.3) is 27.7 Å². The maximum atomic E-state index is 14.8. The summed E-state index contributed by atoms with van der Waals surface area (Å²) in [7, 11) is 0. The van der Waals surface area contributed by atoms with Crippen molar-refractivity contribution in [2.45, 2.75) is 26.3 Å². The molecule has 0 saturated heterocycles. The molecule has 0 aliphatic rings. The number of carboxylic acids is 1. The van der Waals surface area contributed by atoms with Crippen LogP contribution >= 0.6 is 11.6 Å².